The summed E-state index contributed by atoms with van der Waals surface area (Å²) < 4.78 is 0. The van der Waals surface area contributed by atoms with Gasteiger partial charge in [-0.15, -0.1) is 11.3 Å². The first-order valence-electron chi connectivity index (χ1n) is 6.40. The van der Waals surface area contributed by atoms with Gasteiger partial charge >= 0.3 is 0 Å². The standard InChI is InChI=1S/C13H20N2O2S/c1-4-9-11(18-8-14-9)12(16)15-7-5-6-10(15)13(2,3)17/h8,10,17H,4-7H2,1-3H3. The van der Waals surface area contributed by atoms with Gasteiger partial charge in [-0.2, -0.15) is 0 Å². The molecule has 1 N–H and O–H groups in total. The minimum absolute atomic E-state index is 0.0268. The van der Waals surface area contributed by atoms with Crippen molar-refractivity contribution in [3.63, 3.8) is 0 Å². The molecule has 1 fully saturated rings. The maximum atomic E-state index is 12.5. The Morgan fingerprint density at radius 1 is 1.67 bits per heavy atom. The molecular weight excluding hydrogens is 248 g/mol. The fraction of sp³-hybridized carbons (Fsp3) is 0.692. The summed E-state index contributed by atoms with van der Waals surface area (Å²) in [4.78, 5) is 19.3. The molecule has 18 heavy (non-hydrogen) atoms. The Bertz CT molecular complexity index is 436. The van der Waals surface area contributed by atoms with Crippen molar-refractivity contribution in [1.29, 1.82) is 0 Å². The summed E-state index contributed by atoms with van der Waals surface area (Å²) in [5.74, 6) is 0.0268. The van der Waals surface area contributed by atoms with Crippen LogP contribution in [0.25, 0.3) is 0 Å². The minimum atomic E-state index is -0.844. The topological polar surface area (TPSA) is 53.4 Å². The highest BCUT2D eigenvalue weighted by Crippen LogP contribution is 2.29. The predicted octanol–water partition coefficient (Wildman–Crippen LogP) is 2.08. The van der Waals surface area contributed by atoms with E-state index in [9.17, 15) is 9.90 Å². The van der Waals surface area contributed by atoms with E-state index in [2.05, 4.69) is 4.98 Å². The van der Waals surface area contributed by atoms with E-state index in [1.54, 1.807) is 19.4 Å². The zero-order chi connectivity index (χ0) is 13.3. The second kappa shape index (κ2) is 4.97. The molecule has 100 valence electrons. The number of rotatable bonds is 3. The molecule has 0 spiro atoms. The Hall–Kier alpha value is -0.940. The number of likely N-dealkylation sites (tertiary alicyclic amines) is 1. The predicted molar refractivity (Wildman–Crippen MR) is 71.8 cm³/mol. The van der Waals surface area contributed by atoms with Crippen LogP contribution in [0.5, 0.6) is 0 Å². The van der Waals surface area contributed by atoms with Gasteiger partial charge in [0.05, 0.1) is 22.8 Å². The highest BCUT2D eigenvalue weighted by molar-refractivity contribution is 7.11. The van der Waals surface area contributed by atoms with Crippen molar-refractivity contribution in [3.05, 3.63) is 16.1 Å². The van der Waals surface area contributed by atoms with Crippen molar-refractivity contribution in [2.45, 2.75) is 51.7 Å². The summed E-state index contributed by atoms with van der Waals surface area (Å²) >= 11 is 1.40. The van der Waals surface area contributed by atoms with Crippen molar-refractivity contribution in [1.82, 2.24) is 9.88 Å². The highest BCUT2D eigenvalue weighted by atomic mass is 32.1. The summed E-state index contributed by atoms with van der Waals surface area (Å²) in [6.45, 7) is 6.28. The minimum Gasteiger partial charge on any atom is -0.388 e. The van der Waals surface area contributed by atoms with Crippen LogP contribution in [-0.4, -0.2) is 39.1 Å². The number of hydrogen-bond donors (Lipinski definition) is 1. The lowest BCUT2D eigenvalue weighted by Crippen LogP contribution is -2.48. The van der Waals surface area contributed by atoms with Crippen molar-refractivity contribution >= 4 is 17.2 Å². The van der Waals surface area contributed by atoms with Crippen LogP contribution in [0.3, 0.4) is 0 Å². The molecule has 1 aliphatic rings. The smallest absolute Gasteiger partial charge is 0.266 e. The second-order valence-electron chi connectivity index (χ2n) is 5.29. The molecule has 2 heterocycles. The van der Waals surface area contributed by atoms with Crippen LogP contribution in [0.2, 0.25) is 0 Å². The molecule has 0 bridgehead atoms. The van der Waals surface area contributed by atoms with Gasteiger partial charge in [-0.05, 0) is 33.1 Å². The third kappa shape index (κ3) is 2.42. The summed E-state index contributed by atoms with van der Waals surface area (Å²) in [5, 5.41) is 10.2. The van der Waals surface area contributed by atoms with E-state index in [1.807, 2.05) is 11.8 Å². The molecule has 5 heteroatoms. The van der Waals surface area contributed by atoms with E-state index in [4.69, 9.17) is 0 Å². The zero-order valence-electron chi connectivity index (χ0n) is 11.1. The van der Waals surface area contributed by atoms with E-state index in [0.717, 1.165) is 36.4 Å². The lowest BCUT2D eigenvalue weighted by atomic mass is 9.96. The van der Waals surface area contributed by atoms with Gasteiger partial charge in [0.1, 0.15) is 4.88 Å². The fourth-order valence-corrected chi connectivity index (χ4v) is 3.41. The third-order valence-corrected chi connectivity index (χ3v) is 4.36. The molecule has 1 atom stereocenters. The maximum absolute atomic E-state index is 12.5. The van der Waals surface area contributed by atoms with E-state index in [0.29, 0.717) is 0 Å². The Balaban J connectivity index is 2.23. The van der Waals surface area contributed by atoms with Gasteiger partial charge in [-0.3, -0.25) is 4.79 Å². The van der Waals surface area contributed by atoms with E-state index >= 15 is 0 Å². The molecule has 2 rings (SSSR count). The number of aliphatic hydroxyl groups is 1. The Morgan fingerprint density at radius 2 is 2.39 bits per heavy atom. The van der Waals surface area contributed by atoms with Crippen LogP contribution < -0.4 is 0 Å². The number of aryl methyl sites for hydroxylation is 1. The Morgan fingerprint density at radius 3 is 3.00 bits per heavy atom. The average molecular weight is 268 g/mol. The SMILES string of the molecule is CCc1ncsc1C(=O)N1CCCC1C(C)(C)O. The van der Waals surface area contributed by atoms with Crippen LogP contribution in [0.1, 0.15) is 49.0 Å². The summed E-state index contributed by atoms with van der Waals surface area (Å²) in [7, 11) is 0. The molecular formula is C13H20N2O2S. The van der Waals surface area contributed by atoms with Crippen LogP contribution in [0.15, 0.2) is 5.51 Å². The number of carbonyl (C=O) groups is 1. The van der Waals surface area contributed by atoms with Gasteiger partial charge in [-0.1, -0.05) is 6.92 Å². The molecule has 0 saturated carbocycles. The molecule has 1 amide bonds. The molecule has 1 aromatic rings. The Labute approximate surface area is 112 Å². The summed E-state index contributed by atoms with van der Waals surface area (Å²) in [6, 6.07) is -0.0863. The quantitative estimate of drug-likeness (QED) is 0.913. The van der Waals surface area contributed by atoms with Crippen LogP contribution >= 0.6 is 11.3 Å². The second-order valence-corrected chi connectivity index (χ2v) is 6.15. The molecule has 0 aliphatic carbocycles. The van der Waals surface area contributed by atoms with Crippen LogP contribution in [0.4, 0.5) is 0 Å². The van der Waals surface area contributed by atoms with Crippen LogP contribution in [-0.2, 0) is 6.42 Å². The van der Waals surface area contributed by atoms with Gasteiger partial charge in [0, 0.05) is 6.54 Å². The van der Waals surface area contributed by atoms with Gasteiger partial charge in [0.15, 0.2) is 0 Å². The number of hydrogen-bond acceptors (Lipinski definition) is 4. The number of aromatic nitrogens is 1. The lowest BCUT2D eigenvalue weighted by molar-refractivity contribution is 0.000469. The van der Waals surface area contributed by atoms with E-state index in [1.165, 1.54) is 11.3 Å². The monoisotopic (exact) mass is 268 g/mol. The van der Waals surface area contributed by atoms with Crippen molar-refractivity contribution < 1.29 is 9.90 Å². The molecule has 4 nitrogen and oxygen atoms in total. The number of amides is 1. The normalized spacial score (nSPS) is 20.4. The first-order valence-corrected chi connectivity index (χ1v) is 7.28. The largest absolute Gasteiger partial charge is 0.388 e. The molecule has 1 aliphatic heterocycles. The number of carbonyl (C=O) groups excluding carboxylic acids is 1. The third-order valence-electron chi connectivity index (χ3n) is 3.50. The first kappa shape index (κ1) is 13.5. The summed E-state index contributed by atoms with van der Waals surface area (Å²) in [6.07, 6.45) is 2.60. The maximum Gasteiger partial charge on any atom is 0.266 e. The molecule has 1 aromatic heterocycles. The number of thiazole rings is 1. The van der Waals surface area contributed by atoms with Gasteiger partial charge in [0.25, 0.3) is 5.91 Å². The molecule has 1 unspecified atom stereocenters. The lowest BCUT2D eigenvalue weighted by Gasteiger charge is -2.33. The molecule has 0 radical (unpaired) electrons. The van der Waals surface area contributed by atoms with Gasteiger partial charge < -0.3 is 10.0 Å². The van der Waals surface area contributed by atoms with Crippen LogP contribution in [0, 0.1) is 0 Å². The molecule has 1 saturated heterocycles. The van der Waals surface area contributed by atoms with Crippen molar-refractivity contribution in [2.24, 2.45) is 0 Å². The average Bonchev–Trinajstić information content (AvgIpc) is 2.95. The van der Waals surface area contributed by atoms with Crippen molar-refractivity contribution in [2.75, 3.05) is 6.54 Å². The highest BCUT2D eigenvalue weighted by Gasteiger charge is 2.39. The zero-order valence-corrected chi connectivity index (χ0v) is 12.0. The number of nitrogens with zero attached hydrogens (tertiary/aromatic N) is 2. The summed E-state index contributed by atoms with van der Waals surface area (Å²) in [5.41, 5.74) is 1.75. The Kier molecular flexibility index (Phi) is 3.73. The van der Waals surface area contributed by atoms with E-state index < -0.39 is 5.60 Å². The van der Waals surface area contributed by atoms with Gasteiger partial charge in [-0.25, -0.2) is 4.98 Å². The molecule has 0 aromatic carbocycles. The van der Waals surface area contributed by atoms with Crippen molar-refractivity contribution in [3.8, 4) is 0 Å². The first-order chi connectivity index (χ1) is 8.45. The van der Waals surface area contributed by atoms with E-state index in [-0.39, 0.29) is 11.9 Å². The fourth-order valence-electron chi connectivity index (χ4n) is 2.57. The van der Waals surface area contributed by atoms with Gasteiger partial charge in [0.2, 0.25) is 0 Å².